The van der Waals surface area contributed by atoms with Gasteiger partial charge in [-0.2, -0.15) is 9.97 Å². The van der Waals surface area contributed by atoms with E-state index in [1.54, 1.807) is 29.2 Å². The first-order valence-corrected chi connectivity index (χ1v) is 13.1. The summed E-state index contributed by atoms with van der Waals surface area (Å²) in [7, 11) is 0. The van der Waals surface area contributed by atoms with Crippen LogP contribution in [-0.4, -0.2) is 79.9 Å². The highest BCUT2D eigenvalue weighted by Gasteiger charge is 2.23. The van der Waals surface area contributed by atoms with Crippen molar-refractivity contribution < 1.29 is 23.8 Å². The van der Waals surface area contributed by atoms with E-state index in [0.717, 1.165) is 6.08 Å². The van der Waals surface area contributed by atoms with Gasteiger partial charge >= 0.3 is 0 Å². The number of amides is 1. The number of carbonyl (C=O) groups is 1. The van der Waals surface area contributed by atoms with E-state index in [4.69, 9.17) is 5.11 Å². The number of aliphatic hydroxyl groups excluding tert-OH is 2. The van der Waals surface area contributed by atoms with Gasteiger partial charge in [-0.15, -0.1) is 0 Å². The summed E-state index contributed by atoms with van der Waals surface area (Å²) in [5, 5.41) is 24.4. The highest BCUT2D eigenvalue weighted by atomic mass is 19.2. The molecule has 0 atom stereocenters. The fourth-order valence-corrected chi connectivity index (χ4v) is 4.75. The molecule has 3 heterocycles. The monoisotopic (exact) mass is 578 g/mol. The molecular weight excluding hydrogens is 550 g/mol. The van der Waals surface area contributed by atoms with Gasteiger partial charge in [0.15, 0.2) is 17.3 Å². The molecule has 5 rings (SSSR count). The number of nitrogens with zero attached hydrogens (tertiary/aromatic N) is 6. The van der Waals surface area contributed by atoms with Crippen molar-refractivity contribution >= 4 is 40.0 Å². The van der Waals surface area contributed by atoms with Crippen LogP contribution in [0, 0.1) is 11.6 Å². The normalized spacial score (nSPS) is 13.8. The van der Waals surface area contributed by atoms with Gasteiger partial charge in [-0.05, 0) is 36.4 Å². The zero-order valence-electron chi connectivity index (χ0n) is 22.4. The van der Waals surface area contributed by atoms with Crippen LogP contribution in [0.4, 0.5) is 31.8 Å². The number of rotatable bonds is 9. The van der Waals surface area contributed by atoms with Crippen molar-refractivity contribution in [2.75, 3.05) is 54.9 Å². The van der Waals surface area contributed by atoms with Crippen LogP contribution in [0.15, 0.2) is 60.0 Å². The summed E-state index contributed by atoms with van der Waals surface area (Å²) in [6, 6.07) is 9.37. The number of hydrogen-bond donors (Lipinski definition) is 4. The summed E-state index contributed by atoms with van der Waals surface area (Å²) >= 11 is 0. The third-order valence-corrected chi connectivity index (χ3v) is 6.84. The Bertz CT molecular complexity index is 1710. The number of β-amino-alcohol motifs (C(OH)–C–C–N with tert-alkyl or cyclic N) is 1. The molecule has 0 unspecified atom stereocenters. The van der Waals surface area contributed by atoms with Crippen molar-refractivity contribution in [1.29, 1.82) is 0 Å². The third-order valence-electron chi connectivity index (χ3n) is 6.84. The summed E-state index contributed by atoms with van der Waals surface area (Å²) in [6.45, 7) is 5.57. The van der Waals surface area contributed by atoms with Crippen molar-refractivity contribution in [3.8, 4) is 5.69 Å². The topological polar surface area (TPSA) is 149 Å². The van der Waals surface area contributed by atoms with E-state index in [9.17, 15) is 14.7 Å². The Morgan fingerprint density at radius 1 is 1.07 bits per heavy atom. The van der Waals surface area contributed by atoms with E-state index in [0.29, 0.717) is 44.1 Å². The molecule has 12 nitrogen and oxygen atoms in total. The van der Waals surface area contributed by atoms with E-state index in [1.807, 2.05) is 4.90 Å². The van der Waals surface area contributed by atoms with E-state index < -0.39 is 29.7 Å². The molecule has 1 saturated heterocycles. The maximum absolute atomic E-state index is 15.2. The van der Waals surface area contributed by atoms with E-state index in [-0.39, 0.29) is 40.8 Å². The van der Waals surface area contributed by atoms with Crippen LogP contribution in [0.1, 0.15) is 5.82 Å². The maximum Gasteiger partial charge on any atom is 0.284 e. The molecular formula is C28H28F2N8O4. The first-order valence-electron chi connectivity index (χ1n) is 13.1. The Balaban J connectivity index is 1.49. The lowest BCUT2D eigenvalue weighted by Gasteiger charge is -2.36. The number of carbonyl (C=O) groups excluding carboxylic acids is 1. The van der Waals surface area contributed by atoms with Crippen LogP contribution < -0.4 is 21.1 Å². The fraction of sp³-hybridized carbons (Fsp3) is 0.250. The lowest BCUT2D eigenvalue weighted by molar-refractivity contribution is -0.111. The summed E-state index contributed by atoms with van der Waals surface area (Å²) < 4.78 is 31.8. The number of piperazine rings is 1. The number of nitrogens with one attached hydrogen (secondary N) is 2. The first kappa shape index (κ1) is 28.7. The van der Waals surface area contributed by atoms with Crippen molar-refractivity contribution in [2.45, 2.75) is 6.61 Å². The molecule has 4 N–H and O–H groups in total. The Labute approximate surface area is 238 Å². The minimum absolute atomic E-state index is 0.0145. The first-order chi connectivity index (χ1) is 20.3. The maximum atomic E-state index is 15.2. The van der Waals surface area contributed by atoms with Crippen LogP contribution in [0.3, 0.4) is 0 Å². The van der Waals surface area contributed by atoms with E-state index in [1.165, 1.54) is 22.9 Å². The van der Waals surface area contributed by atoms with Crippen LogP contribution in [0.5, 0.6) is 0 Å². The number of fused-ring (bicyclic) bond motifs is 1. The molecule has 42 heavy (non-hydrogen) atoms. The van der Waals surface area contributed by atoms with Crippen molar-refractivity contribution in [2.24, 2.45) is 0 Å². The highest BCUT2D eigenvalue weighted by Crippen LogP contribution is 2.29. The smallest absolute Gasteiger partial charge is 0.284 e. The standard InChI is InChI=1S/C28H28F2N8O4/c1-2-23(41)32-17-4-3-5-18(14-17)38-22(16-40)34-27(42)19-15-31-28(35-26(19)38)33-20-6-7-21(25(30)24(20)29)37-10-8-36(9-11-37)12-13-39/h2-7,14-15,39-40H,1,8-13,16H2,(H,32,41)(H,31,33,35). The second-order valence-corrected chi connectivity index (χ2v) is 9.44. The van der Waals surface area contributed by atoms with E-state index >= 15 is 8.78 Å². The molecule has 0 spiro atoms. The molecule has 2 aromatic heterocycles. The molecule has 1 fully saturated rings. The quantitative estimate of drug-likeness (QED) is 0.217. The van der Waals surface area contributed by atoms with E-state index in [2.05, 4.69) is 32.2 Å². The van der Waals surface area contributed by atoms with Crippen LogP contribution in [-0.2, 0) is 11.4 Å². The second kappa shape index (κ2) is 12.4. The molecule has 0 radical (unpaired) electrons. The van der Waals surface area contributed by atoms with Gasteiger partial charge in [0.25, 0.3) is 5.56 Å². The summed E-state index contributed by atoms with van der Waals surface area (Å²) in [4.78, 5) is 40.7. The van der Waals surface area contributed by atoms with Gasteiger partial charge in [0.05, 0.1) is 23.7 Å². The average Bonchev–Trinajstić information content (AvgIpc) is 3.00. The SMILES string of the molecule is C=CC(=O)Nc1cccc(-n2c(CO)nc(=O)c3cnc(Nc4ccc(N5CCN(CCO)CC5)c(F)c4F)nc32)c1. The van der Waals surface area contributed by atoms with Gasteiger partial charge < -0.3 is 25.7 Å². The molecule has 0 aliphatic carbocycles. The molecule has 1 aliphatic heterocycles. The van der Waals surface area contributed by atoms with Gasteiger partial charge in [-0.1, -0.05) is 12.6 Å². The average molecular weight is 579 g/mol. The summed E-state index contributed by atoms with van der Waals surface area (Å²) in [5.41, 5.74) is 0.0818. The predicted molar refractivity (Wildman–Crippen MR) is 153 cm³/mol. The number of aromatic nitrogens is 4. The van der Waals surface area contributed by atoms with Crippen LogP contribution >= 0.6 is 0 Å². The van der Waals surface area contributed by atoms with Gasteiger partial charge in [-0.25, -0.2) is 13.8 Å². The molecule has 1 amide bonds. The third kappa shape index (κ3) is 5.81. The zero-order valence-corrected chi connectivity index (χ0v) is 22.4. The Morgan fingerprint density at radius 3 is 2.57 bits per heavy atom. The van der Waals surface area contributed by atoms with Gasteiger partial charge in [0.1, 0.15) is 17.8 Å². The molecule has 14 heteroatoms. The number of hydrogen-bond acceptors (Lipinski definition) is 10. The fourth-order valence-electron chi connectivity index (χ4n) is 4.75. The zero-order chi connectivity index (χ0) is 29.8. The molecule has 218 valence electrons. The Kier molecular flexibility index (Phi) is 8.47. The Morgan fingerprint density at radius 2 is 1.86 bits per heavy atom. The highest BCUT2D eigenvalue weighted by molar-refractivity contribution is 5.99. The number of halogens is 2. The number of anilines is 4. The van der Waals surface area contributed by atoms with Crippen LogP contribution in [0.2, 0.25) is 0 Å². The largest absolute Gasteiger partial charge is 0.395 e. The van der Waals surface area contributed by atoms with Crippen molar-refractivity contribution in [3.05, 3.63) is 83.1 Å². The number of benzene rings is 2. The minimum atomic E-state index is -1.12. The lowest BCUT2D eigenvalue weighted by atomic mass is 10.2. The van der Waals surface area contributed by atoms with Crippen LogP contribution in [0.25, 0.3) is 16.7 Å². The summed E-state index contributed by atoms with van der Waals surface area (Å²) in [5.74, 6) is -2.76. The molecule has 1 aliphatic rings. The number of aliphatic hydroxyl groups is 2. The van der Waals surface area contributed by atoms with Crippen molar-refractivity contribution in [3.63, 3.8) is 0 Å². The minimum Gasteiger partial charge on any atom is -0.395 e. The summed E-state index contributed by atoms with van der Waals surface area (Å²) in [6.07, 6.45) is 2.32. The Hall–Kier alpha value is -4.79. The lowest BCUT2D eigenvalue weighted by Crippen LogP contribution is -2.47. The molecule has 0 bridgehead atoms. The van der Waals surface area contributed by atoms with Gasteiger partial charge in [-0.3, -0.25) is 19.1 Å². The predicted octanol–water partition coefficient (Wildman–Crippen LogP) is 1.93. The molecule has 2 aromatic carbocycles. The van der Waals surface area contributed by atoms with Gasteiger partial charge in [0, 0.05) is 44.6 Å². The van der Waals surface area contributed by atoms with Crippen molar-refractivity contribution in [1.82, 2.24) is 24.4 Å². The molecule has 4 aromatic rings. The molecule has 0 saturated carbocycles. The second-order valence-electron chi connectivity index (χ2n) is 9.44. The van der Waals surface area contributed by atoms with Gasteiger partial charge in [0.2, 0.25) is 11.9 Å².